The predicted molar refractivity (Wildman–Crippen MR) is 133 cm³/mol. The fourth-order valence-electron chi connectivity index (χ4n) is 3.86. The summed E-state index contributed by atoms with van der Waals surface area (Å²) < 4.78 is 10.9. The van der Waals surface area contributed by atoms with Crippen LogP contribution in [0.15, 0.2) is 52.1 Å². The largest absolute Gasteiger partial charge is 0.497 e. The van der Waals surface area contributed by atoms with Crippen molar-refractivity contribution in [1.29, 1.82) is 0 Å². The number of halogens is 1. The Bertz CT molecular complexity index is 743. The maximum atomic E-state index is 5.70. The zero-order valence-corrected chi connectivity index (χ0v) is 20.6. The van der Waals surface area contributed by atoms with Crippen LogP contribution in [0.1, 0.15) is 49.5 Å². The van der Waals surface area contributed by atoms with Crippen molar-refractivity contribution in [3.63, 3.8) is 0 Å². The van der Waals surface area contributed by atoms with Crippen LogP contribution in [0.3, 0.4) is 0 Å². The minimum absolute atomic E-state index is 0. The minimum Gasteiger partial charge on any atom is -0.497 e. The molecule has 1 aromatic carbocycles. The van der Waals surface area contributed by atoms with Gasteiger partial charge in [0.05, 0.1) is 19.4 Å². The van der Waals surface area contributed by atoms with Crippen LogP contribution >= 0.6 is 24.0 Å². The lowest BCUT2D eigenvalue weighted by Crippen LogP contribution is -2.43. The van der Waals surface area contributed by atoms with Crippen molar-refractivity contribution in [2.24, 2.45) is 4.99 Å². The molecule has 1 aromatic heterocycles. The third-order valence-electron chi connectivity index (χ3n) is 5.69. The van der Waals surface area contributed by atoms with Gasteiger partial charge in [-0.25, -0.2) is 0 Å². The first-order chi connectivity index (χ1) is 14.2. The molecule has 6 nitrogen and oxygen atoms in total. The number of nitrogens with one attached hydrogen (secondary N) is 2. The number of aliphatic imine (C=N–C) groups is 1. The number of guanidine groups is 1. The van der Waals surface area contributed by atoms with Crippen LogP contribution in [0.25, 0.3) is 0 Å². The van der Waals surface area contributed by atoms with E-state index in [1.165, 1.54) is 18.4 Å². The molecule has 0 saturated carbocycles. The van der Waals surface area contributed by atoms with E-state index in [4.69, 9.17) is 9.15 Å². The van der Waals surface area contributed by atoms with Gasteiger partial charge in [-0.2, -0.15) is 0 Å². The summed E-state index contributed by atoms with van der Waals surface area (Å²) in [5.74, 6) is 3.21. The Morgan fingerprint density at radius 1 is 1.17 bits per heavy atom. The molecule has 166 valence electrons. The van der Waals surface area contributed by atoms with E-state index in [-0.39, 0.29) is 30.0 Å². The van der Waals surface area contributed by atoms with E-state index in [1.54, 1.807) is 13.4 Å². The Morgan fingerprint density at radius 3 is 2.50 bits per heavy atom. The molecule has 3 rings (SSSR count). The first-order valence-electron chi connectivity index (χ1n) is 10.6. The van der Waals surface area contributed by atoms with Crippen molar-refractivity contribution >= 4 is 29.9 Å². The molecule has 2 unspecified atom stereocenters. The first kappa shape index (κ1) is 24.5. The molecule has 0 amide bonds. The standard InChI is InChI=1S/C23H34N4O2.HI/c1-18(19-8-10-20(28-3)11-9-19)12-13-25-23(24-2)26-17-21(22-7-6-16-29-22)27-14-4-5-15-27;/h6-11,16,18,21H,4-5,12-15,17H2,1-3H3,(H2,24,25,26);1H. The second kappa shape index (κ2) is 12.8. The van der Waals surface area contributed by atoms with E-state index >= 15 is 0 Å². The van der Waals surface area contributed by atoms with Crippen LogP contribution in [0, 0.1) is 0 Å². The number of nitrogens with zero attached hydrogens (tertiary/aromatic N) is 2. The molecule has 0 aliphatic carbocycles. The highest BCUT2D eigenvalue weighted by Gasteiger charge is 2.25. The fourth-order valence-corrected chi connectivity index (χ4v) is 3.86. The van der Waals surface area contributed by atoms with E-state index in [1.807, 2.05) is 25.2 Å². The van der Waals surface area contributed by atoms with Gasteiger partial charge in [-0.05, 0) is 68.1 Å². The molecule has 1 aliphatic heterocycles. The summed E-state index contributed by atoms with van der Waals surface area (Å²) in [7, 11) is 3.52. The average molecular weight is 526 g/mol. The molecule has 1 fully saturated rings. The molecule has 30 heavy (non-hydrogen) atoms. The average Bonchev–Trinajstić information content (AvgIpc) is 3.47. The Kier molecular flexibility index (Phi) is 10.5. The van der Waals surface area contributed by atoms with E-state index in [9.17, 15) is 0 Å². The van der Waals surface area contributed by atoms with Gasteiger partial charge in [-0.1, -0.05) is 19.1 Å². The summed E-state index contributed by atoms with van der Waals surface area (Å²) >= 11 is 0. The van der Waals surface area contributed by atoms with Crippen molar-refractivity contribution in [3.8, 4) is 5.75 Å². The summed E-state index contributed by atoms with van der Waals surface area (Å²) in [6, 6.07) is 12.6. The molecular weight excluding hydrogens is 491 g/mol. The van der Waals surface area contributed by atoms with Gasteiger partial charge in [0.15, 0.2) is 5.96 Å². The number of furan rings is 1. The monoisotopic (exact) mass is 526 g/mol. The number of likely N-dealkylation sites (tertiary alicyclic amines) is 1. The van der Waals surface area contributed by atoms with Gasteiger partial charge in [0.2, 0.25) is 0 Å². The molecule has 2 heterocycles. The van der Waals surface area contributed by atoms with Crippen molar-refractivity contribution in [2.75, 3.05) is 40.3 Å². The highest BCUT2D eigenvalue weighted by Crippen LogP contribution is 2.25. The molecule has 7 heteroatoms. The van der Waals surface area contributed by atoms with Crippen LogP contribution in [-0.2, 0) is 0 Å². The number of hydrogen-bond acceptors (Lipinski definition) is 4. The molecule has 1 aliphatic rings. The van der Waals surface area contributed by atoms with Crippen LogP contribution in [0.4, 0.5) is 0 Å². The van der Waals surface area contributed by atoms with E-state index in [0.717, 1.165) is 50.1 Å². The highest BCUT2D eigenvalue weighted by molar-refractivity contribution is 14.0. The summed E-state index contributed by atoms with van der Waals surface area (Å²) in [5, 5.41) is 6.93. The maximum Gasteiger partial charge on any atom is 0.191 e. The molecule has 0 spiro atoms. The summed E-state index contributed by atoms with van der Waals surface area (Å²) in [5.41, 5.74) is 1.32. The SMILES string of the molecule is CN=C(NCCC(C)c1ccc(OC)cc1)NCC(c1ccco1)N1CCCC1.I. The number of rotatable bonds is 9. The minimum atomic E-state index is 0. The predicted octanol–water partition coefficient (Wildman–Crippen LogP) is 4.40. The second-order valence-corrected chi connectivity index (χ2v) is 7.62. The highest BCUT2D eigenvalue weighted by atomic mass is 127. The quantitative estimate of drug-likeness (QED) is 0.288. The molecule has 0 bridgehead atoms. The number of ether oxygens (including phenoxy) is 1. The number of methoxy groups -OCH3 is 1. The normalized spacial score (nSPS) is 16.6. The van der Waals surface area contributed by atoms with E-state index < -0.39 is 0 Å². The lowest BCUT2D eigenvalue weighted by atomic mass is 9.98. The van der Waals surface area contributed by atoms with Crippen LogP contribution < -0.4 is 15.4 Å². The van der Waals surface area contributed by atoms with Gasteiger partial charge < -0.3 is 19.8 Å². The molecule has 1 saturated heterocycles. The molecular formula is C23H35IN4O2. The van der Waals surface area contributed by atoms with Gasteiger partial charge in [0.25, 0.3) is 0 Å². The van der Waals surface area contributed by atoms with Crippen LogP contribution in [0.2, 0.25) is 0 Å². The van der Waals surface area contributed by atoms with Crippen molar-refractivity contribution in [3.05, 3.63) is 54.0 Å². The first-order valence-corrected chi connectivity index (χ1v) is 10.6. The topological polar surface area (TPSA) is 62.0 Å². The van der Waals surface area contributed by atoms with E-state index in [0.29, 0.717) is 5.92 Å². The molecule has 2 atom stereocenters. The van der Waals surface area contributed by atoms with Crippen molar-refractivity contribution < 1.29 is 9.15 Å². The van der Waals surface area contributed by atoms with Crippen molar-refractivity contribution in [2.45, 2.75) is 38.1 Å². The third-order valence-corrected chi connectivity index (χ3v) is 5.69. The van der Waals surface area contributed by atoms with Gasteiger partial charge >= 0.3 is 0 Å². The Labute approximate surface area is 197 Å². The molecule has 2 aromatic rings. The number of hydrogen-bond donors (Lipinski definition) is 2. The van der Waals surface area contributed by atoms with E-state index in [2.05, 4.69) is 45.6 Å². The maximum absolute atomic E-state index is 5.70. The summed E-state index contributed by atoms with van der Waals surface area (Å²) in [6.07, 6.45) is 5.30. The lowest BCUT2D eigenvalue weighted by molar-refractivity contribution is 0.215. The summed E-state index contributed by atoms with van der Waals surface area (Å²) in [6.45, 7) is 6.14. The Hall–Kier alpha value is -1.74. The zero-order valence-electron chi connectivity index (χ0n) is 18.3. The van der Waals surface area contributed by atoms with Crippen molar-refractivity contribution in [1.82, 2.24) is 15.5 Å². The van der Waals surface area contributed by atoms with Gasteiger partial charge in [0.1, 0.15) is 11.5 Å². The van der Waals surface area contributed by atoms with Gasteiger partial charge in [-0.15, -0.1) is 24.0 Å². The summed E-state index contributed by atoms with van der Waals surface area (Å²) in [4.78, 5) is 6.88. The second-order valence-electron chi connectivity index (χ2n) is 7.62. The smallest absolute Gasteiger partial charge is 0.191 e. The molecule has 2 N–H and O–H groups in total. The zero-order chi connectivity index (χ0) is 20.5. The molecule has 0 radical (unpaired) electrons. The van der Waals surface area contributed by atoms with Crippen LogP contribution in [0.5, 0.6) is 5.75 Å². The van der Waals surface area contributed by atoms with Gasteiger partial charge in [-0.3, -0.25) is 9.89 Å². The third kappa shape index (κ3) is 6.91. The van der Waals surface area contributed by atoms with Crippen LogP contribution in [-0.4, -0.2) is 51.2 Å². The number of benzene rings is 1. The fraction of sp³-hybridized carbons (Fsp3) is 0.522. The Balaban J connectivity index is 0.00000320. The Morgan fingerprint density at radius 2 is 1.90 bits per heavy atom. The lowest BCUT2D eigenvalue weighted by Gasteiger charge is -2.26. The van der Waals surface area contributed by atoms with Gasteiger partial charge in [0, 0.05) is 20.1 Å².